The Morgan fingerprint density at radius 3 is 2.52 bits per heavy atom. The van der Waals surface area contributed by atoms with Gasteiger partial charge in [0, 0.05) is 13.0 Å². The highest BCUT2D eigenvalue weighted by molar-refractivity contribution is 5.98. The fourth-order valence-electron chi connectivity index (χ4n) is 3.58. The van der Waals surface area contributed by atoms with E-state index in [4.69, 9.17) is 18.9 Å². The SMILES string of the molecule is COc1ccc(C(=O)NCC(c2ccc3c(c2)CCO3)N(C)C)c(OC)c1OC. The predicted molar refractivity (Wildman–Crippen MR) is 111 cm³/mol. The average Bonchev–Trinajstić information content (AvgIpc) is 3.20. The van der Waals surface area contributed by atoms with Crippen molar-refractivity contribution in [2.24, 2.45) is 0 Å². The van der Waals surface area contributed by atoms with Gasteiger partial charge in [-0.2, -0.15) is 0 Å². The first kappa shape index (κ1) is 20.8. The fourth-order valence-corrected chi connectivity index (χ4v) is 3.58. The highest BCUT2D eigenvalue weighted by Crippen LogP contribution is 2.39. The summed E-state index contributed by atoms with van der Waals surface area (Å²) in [5.74, 6) is 1.96. The number of hydrogen-bond donors (Lipinski definition) is 1. The van der Waals surface area contributed by atoms with Crippen LogP contribution in [0.1, 0.15) is 27.5 Å². The summed E-state index contributed by atoms with van der Waals surface area (Å²) in [4.78, 5) is 15.0. The zero-order chi connectivity index (χ0) is 21.0. The maximum absolute atomic E-state index is 12.9. The molecule has 0 aliphatic carbocycles. The second-order valence-electron chi connectivity index (χ2n) is 7.04. The number of nitrogens with one attached hydrogen (secondary N) is 1. The van der Waals surface area contributed by atoms with Crippen LogP contribution < -0.4 is 24.3 Å². The lowest BCUT2D eigenvalue weighted by Crippen LogP contribution is -2.34. The van der Waals surface area contributed by atoms with Gasteiger partial charge in [-0.25, -0.2) is 0 Å². The maximum atomic E-state index is 12.9. The molecule has 2 aromatic carbocycles. The van der Waals surface area contributed by atoms with Crippen molar-refractivity contribution < 1.29 is 23.7 Å². The van der Waals surface area contributed by atoms with Crippen LogP contribution in [0.2, 0.25) is 0 Å². The number of methoxy groups -OCH3 is 3. The van der Waals surface area contributed by atoms with Gasteiger partial charge in [-0.15, -0.1) is 0 Å². The summed E-state index contributed by atoms with van der Waals surface area (Å²) in [6.07, 6.45) is 0.915. The zero-order valence-corrected chi connectivity index (χ0v) is 17.6. The summed E-state index contributed by atoms with van der Waals surface area (Å²) >= 11 is 0. The van der Waals surface area contributed by atoms with Crippen molar-refractivity contribution in [1.29, 1.82) is 0 Å². The Balaban J connectivity index is 1.79. The van der Waals surface area contributed by atoms with Gasteiger partial charge in [0.25, 0.3) is 5.91 Å². The topological polar surface area (TPSA) is 69.3 Å². The van der Waals surface area contributed by atoms with E-state index in [0.29, 0.717) is 29.4 Å². The van der Waals surface area contributed by atoms with E-state index in [1.54, 1.807) is 19.2 Å². The molecule has 29 heavy (non-hydrogen) atoms. The minimum Gasteiger partial charge on any atom is -0.493 e. The molecule has 3 rings (SSSR count). The van der Waals surface area contributed by atoms with Crippen LogP contribution in [0.15, 0.2) is 30.3 Å². The van der Waals surface area contributed by atoms with E-state index in [1.807, 2.05) is 20.2 Å². The lowest BCUT2D eigenvalue weighted by Gasteiger charge is -2.26. The van der Waals surface area contributed by atoms with Crippen LogP contribution in [0.5, 0.6) is 23.0 Å². The van der Waals surface area contributed by atoms with Crippen molar-refractivity contribution in [2.45, 2.75) is 12.5 Å². The molecular formula is C22H28N2O5. The fraction of sp³-hybridized carbons (Fsp3) is 0.409. The van der Waals surface area contributed by atoms with Gasteiger partial charge in [-0.1, -0.05) is 12.1 Å². The summed E-state index contributed by atoms with van der Waals surface area (Å²) in [7, 11) is 8.56. The summed E-state index contributed by atoms with van der Waals surface area (Å²) < 4.78 is 21.7. The normalized spacial score (nSPS) is 13.4. The minimum absolute atomic E-state index is 0.0241. The van der Waals surface area contributed by atoms with Crippen LogP contribution in [-0.2, 0) is 6.42 Å². The first-order valence-corrected chi connectivity index (χ1v) is 9.49. The van der Waals surface area contributed by atoms with Gasteiger partial charge in [0.1, 0.15) is 5.75 Å². The Morgan fingerprint density at radius 1 is 1.10 bits per heavy atom. The highest BCUT2D eigenvalue weighted by atomic mass is 16.5. The number of fused-ring (bicyclic) bond motifs is 1. The average molecular weight is 400 g/mol. The van der Waals surface area contributed by atoms with Gasteiger partial charge in [0.05, 0.1) is 39.5 Å². The molecule has 0 aromatic heterocycles. The molecule has 1 unspecified atom stereocenters. The number of nitrogens with zero attached hydrogens (tertiary/aromatic N) is 1. The molecular weight excluding hydrogens is 372 g/mol. The molecule has 2 aromatic rings. The van der Waals surface area contributed by atoms with E-state index in [-0.39, 0.29) is 11.9 Å². The first-order chi connectivity index (χ1) is 14.0. The third-order valence-electron chi connectivity index (χ3n) is 5.13. The van der Waals surface area contributed by atoms with Crippen molar-refractivity contribution in [3.63, 3.8) is 0 Å². The summed E-state index contributed by atoms with van der Waals surface area (Å²) in [5, 5.41) is 3.02. The summed E-state index contributed by atoms with van der Waals surface area (Å²) in [6, 6.07) is 9.62. The van der Waals surface area contributed by atoms with Crippen LogP contribution in [0.4, 0.5) is 0 Å². The van der Waals surface area contributed by atoms with Crippen LogP contribution in [0, 0.1) is 0 Å². The molecule has 0 spiro atoms. The van der Waals surface area contributed by atoms with Crippen molar-refractivity contribution >= 4 is 5.91 Å². The molecule has 0 radical (unpaired) electrons. The van der Waals surface area contributed by atoms with Gasteiger partial charge in [-0.3, -0.25) is 4.79 Å². The van der Waals surface area contributed by atoms with Crippen molar-refractivity contribution in [3.8, 4) is 23.0 Å². The zero-order valence-electron chi connectivity index (χ0n) is 17.6. The summed E-state index contributed by atoms with van der Waals surface area (Å²) in [6.45, 7) is 1.17. The molecule has 7 nitrogen and oxygen atoms in total. The minimum atomic E-state index is -0.237. The van der Waals surface area contributed by atoms with E-state index < -0.39 is 0 Å². The molecule has 0 saturated carbocycles. The van der Waals surface area contributed by atoms with E-state index >= 15 is 0 Å². The Labute approximate surface area is 171 Å². The van der Waals surface area contributed by atoms with E-state index in [2.05, 4.69) is 22.3 Å². The number of carbonyl (C=O) groups excluding carboxylic acids is 1. The van der Waals surface area contributed by atoms with Gasteiger partial charge >= 0.3 is 0 Å². The molecule has 156 valence electrons. The lowest BCUT2D eigenvalue weighted by molar-refractivity contribution is 0.0938. The van der Waals surface area contributed by atoms with Gasteiger partial charge in [0.2, 0.25) is 5.75 Å². The molecule has 7 heteroatoms. The number of amides is 1. The molecule has 1 heterocycles. The first-order valence-electron chi connectivity index (χ1n) is 9.49. The third kappa shape index (κ3) is 4.24. The third-order valence-corrected chi connectivity index (χ3v) is 5.13. The van der Waals surface area contributed by atoms with Crippen LogP contribution >= 0.6 is 0 Å². The van der Waals surface area contributed by atoms with Crippen molar-refractivity contribution in [1.82, 2.24) is 10.2 Å². The highest BCUT2D eigenvalue weighted by Gasteiger charge is 2.23. The Bertz CT molecular complexity index is 882. The van der Waals surface area contributed by atoms with E-state index in [0.717, 1.165) is 24.3 Å². The lowest BCUT2D eigenvalue weighted by atomic mass is 10.0. The standard InChI is InChI=1S/C22H28N2O5/c1-24(2)17(14-6-8-18-15(12-14)10-11-29-18)13-23-22(25)16-7-9-19(26-3)21(28-5)20(16)27-4/h6-9,12,17H,10-11,13H2,1-5H3,(H,23,25). The molecule has 0 fully saturated rings. The number of rotatable bonds is 8. The molecule has 0 bridgehead atoms. The number of ether oxygens (including phenoxy) is 4. The van der Waals surface area contributed by atoms with Gasteiger partial charge in [0.15, 0.2) is 11.5 Å². The smallest absolute Gasteiger partial charge is 0.255 e. The monoisotopic (exact) mass is 400 g/mol. The molecule has 1 amide bonds. The van der Waals surface area contributed by atoms with Gasteiger partial charge < -0.3 is 29.2 Å². The Kier molecular flexibility index (Phi) is 6.49. The molecule has 1 aliphatic heterocycles. The van der Waals surface area contributed by atoms with Gasteiger partial charge in [-0.05, 0) is 43.4 Å². The Morgan fingerprint density at radius 2 is 1.86 bits per heavy atom. The Hall–Kier alpha value is -2.93. The molecule has 1 N–H and O–H groups in total. The maximum Gasteiger partial charge on any atom is 0.255 e. The van der Waals surface area contributed by atoms with Crippen LogP contribution in [0.3, 0.4) is 0 Å². The van der Waals surface area contributed by atoms with Crippen LogP contribution in [-0.4, -0.2) is 59.4 Å². The summed E-state index contributed by atoms with van der Waals surface area (Å²) in [5.41, 5.74) is 2.74. The molecule has 0 saturated heterocycles. The van der Waals surface area contributed by atoms with E-state index in [9.17, 15) is 4.79 Å². The van der Waals surface area contributed by atoms with Crippen molar-refractivity contribution in [2.75, 3.05) is 48.6 Å². The second kappa shape index (κ2) is 9.05. The number of benzene rings is 2. The quantitative estimate of drug-likeness (QED) is 0.735. The molecule has 1 atom stereocenters. The predicted octanol–water partition coefficient (Wildman–Crippen LogP) is 2.68. The van der Waals surface area contributed by atoms with Crippen LogP contribution in [0.25, 0.3) is 0 Å². The molecule has 1 aliphatic rings. The number of carbonyl (C=O) groups is 1. The number of likely N-dealkylation sites (N-methyl/N-ethyl adjacent to an activating group) is 1. The van der Waals surface area contributed by atoms with E-state index in [1.165, 1.54) is 19.8 Å². The second-order valence-corrected chi connectivity index (χ2v) is 7.04. The number of hydrogen-bond acceptors (Lipinski definition) is 6. The largest absolute Gasteiger partial charge is 0.493 e. The van der Waals surface area contributed by atoms with Crippen molar-refractivity contribution in [3.05, 3.63) is 47.0 Å².